The van der Waals surface area contributed by atoms with Gasteiger partial charge >= 0.3 is 0 Å². The van der Waals surface area contributed by atoms with Gasteiger partial charge in [0.05, 0.1) is 16.7 Å². The Bertz CT molecular complexity index is 3480. The van der Waals surface area contributed by atoms with Gasteiger partial charge in [0, 0.05) is 58.2 Å². The summed E-state index contributed by atoms with van der Waals surface area (Å²) in [5.41, 5.74) is 8.89. The van der Waals surface area contributed by atoms with Crippen LogP contribution >= 0.6 is 11.3 Å². The van der Waals surface area contributed by atoms with E-state index >= 15 is 0 Å². The van der Waals surface area contributed by atoms with E-state index in [0.29, 0.717) is 5.95 Å². The van der Waals surface area contributed by atoms with E-state index in [-0.39, 0.29) is 0 Å². The summed E-state index contributed by atoms with van der Waals surface area (Å²) in [7, 11) is 0. The number of hydrogen-bond acceptors (Lipinski definition) is 4. The van der Waals surface area contributed by atoms with E-state index in [2.05, 4.69) is 162 Å². The number of furan rings is 1. The van der Waals surface area contributed by atoms with E-state index < -0.39 is 0 Å². The average molecular weight is 694 g/mol. The Labute approximate surface area is 306 Å². The van der Waals surface area contributed by atoms with E-state index in [4.69, 9.17) is 14.4 Å². The molecule has 0 spiro atoms. The van der Waals surface area contributed by atoms with Crippen molar-refractivity contribution in [1.82, 2.24) is 14.5 Å². The summed E-state index contributed by atoms with van der Waals surface area (Å²) < 4.78 is 11.7. The van der Waals surface area contributed by atoms with Crippen LogP contribution in [-0.4, -0.2) is 14.5 Å². The highest BCUT2D eigenvalue weighted by atomic mass is 32.1. The molecule has 0 saturated heterocycles. The van der Waals surface area contributed by atoms with Crippen molar-refractivity contribution in [2.24, 2.45) is 0 Å². The fourth-order valence-electron chi connectivity index (χ4n) is 8.43. The molecule has 0 atom stereocenters. The second-order valence-corrected chi connectivity index (χ2v) is 14.8. The lowest BCUT2D eigenvalue weighted by molar-refractivity contribution is 0.671. The maximum absolute atomic E-state index is 6.86. The zero-order chi connectivity index (χ0) is 34.6. The van der Waals surface area contributed by atoms with E-state index in [1.165, 1.54) is 42.1 Å². The van der Waals surface area contributed by atoms with Gasteiger partial charge in [0.1, 0.15) is 11.1 Å². The molecule has 0 bridgehead atoms. The Morgan fingerprint density at radius 2 is 1.25 bits per heavy atom. The largest absolute Gasteiger partial charge is 0.454 e. The molecule has 0 unspecified atom stereocenters. The van der Waals surface area contributed by atoms with Crippen LogP contribution in [0.2, 0.25) is 0 Å². The summed E-state index contributed by atoms with van der Waals surface area (Å²) >= 11 is 1.86. The molecule has 0 N–H and O–H groups in total. The number of benzene rings is 8. The van der Waals surface area contributed by atoms with Gasteiger partial charge in [0.15, 0.2) is 5.58 Å². The molecule has 0 aliphatic rings. The molecule has 4 nitrogen and oxygen atoms in total. The van der Waals surface area contributed by atoms with Crippen molar-refractivity contribution in [3.63, 3.8) is 0 Å². The number of fused-ring (bicyclic) bond motifs is 12. The van der Waals surface area contributed by atoms with E-state index in [1.54, 1.807) is 0 Å². The predicted molar refractivity (Wildman–Crippen MR) is 222 cm³/mol. The van der Waals surface area contributed by atoms with Gasteiger partial charge < -0.3 is 4.42 Å². The highest BCUT2D eigenvalue weighted by Gasteiger charge is 2.25. The standard InChI is InChI=1S/C48H27N3OS/c1-2-13-29-26-30(25-24-28(29)12-1)44-35-16-3-7-20-39(35)49-48(50-44)51-40-21-8-4-17-36(40)43-37(27-38-31-14-5-9-22-41(31)52-46(38)45(43)51)34-19-11-18-33-32-15-6-10-23-42(32)53-47(33)34/h1-27H. The summed E-state index contributed by atoms with van der Waals surface area (Å²) in [5, 5.41) is 10.4. The second kappa shape index (κ2) is 10.8. The Kier molecular flexibility index (Phi) is 5.90. The molecule has 4 aromatic heterocycles. The summed E-state index contributed by atoms with van der Waals surface area (Å²) in [6, 6.07) is 58.2. The summed E-state index contributed by atoms with van der Waals surface area (Å²) in [5.74, 6) is 0.608. The molecule has 0 aliphatic heterocycles. The lowest BCUT2D eigenvalue weighted by atomic mass is 9.95. The van der Waals surface area contributed by atoms with Gasteiger partial charge in [-0.1, -0.05) is 127 Å². The zero-order valence-electron chi connectivity index (χ0n) is 28.2. The number of thiophene rings is 1. The van der Waals surface area contributed by atoms with Crippen molar-refractivity contribution in [1.29, 1.82) is 0 Å². The fraction of sp³-hybridized carbons (Fsp3) is 0. The zero-order valence-corrected chi connectivity index (χ0v) is 29.1. The molecule has 0 saturated carbocycles. The molecular formula is C48H27N3OS. The Morgan fingerprint density at radius 1 is 0.509 bits per heavy atom. The van der Waals surface area contributed by atoms with Crippen LogP contribution in [0.3, 0.4) is 0 Å². The van der Waals surface area contributed by atoms with Crippen LogP contribution in [0.1, 0.15) is 0 Å². The third kappa shape index (κ3) is 4.11. The summed E-state index contributed by atoms with van der Waals surface area (Å²) in [6.07, 6.45) is 0. The molecule has 12 rings (SSSR count). The SMILES string of the molecule is c1ccc2cc(-c3nc(-n4c5ccccc5c5c(-c6cccc7c6sc6ccccc67)cc6c7ccccc7oc6c54)nc4ccccc34)ccc2c1. The van der Waals surface area contributed by atoms with Crippen LogP contribution in [0.5, 0.6) is 0 Å². The minimum absolute atomic E-state index is 0.608. The molecule has 0 aliphatic carbocycles. The lowest BCUT2D eigenvalue weighted by Crippen LogP contribution is -2.03. The van der Waals surface area contributed by atoms with E-state index in [1.807, 2.05) is 17.4 Å². The van der Waals surface area contributed by atoms with Crippen LogP contribution in [0.4, 0.5) is 0 Å². The molecular weight excluding hydrogens is 667 g/mol. The van der Waals surface area contributed by atoms with E-state index in [9.17, 15) is 0 Å². The third-order valence-corrected chi connectivity index (χ3v) is 12.0. The molecule has 12 aromatic rings. The second-order valence-electron chi connectivity index (χ2n) is 13.7. The number of hydrogen-bond donors (Lipinski definition) is 0. The first-order chi connectivity index (χ1) is 26.3. The number of rotatable bonds is 3. The molecule has 8 aromatic carbocycles. The normalized spacial score (nSPS) is 12.2. The smallest absolute Gasteiger partial charge is 0.235 e. The van der Waals surface area contributed by atoms with Crippen LogP contribution in [-0.2, 0) is 0 Å². The van der Waals surface area contributed by atoms with Crippen LogP contribution in [0, 0.1) is 0 Å². The monoisotopic (exact) mass is 693 g/mol. The van der Waals surface area contributed by atoms with E-state index in [0.717, 1.165) is 65.9 Å². The molecule has 0 radical (unpaired) electrons. The maximum Gasteiger partial charge on any atom is 0.235 e. The van der Waals surface area contributed by atoms with Gasteiger partial charge in [-0.2, -0.15) is 0 Å². The van der Waals surface area contributed by atoms with Crippen LogP contribution < -0.4 is 0 Å². The molecule has 4 heterocycles. The van der Waals surface area contributed by atoms with Crippen LogP contribution in [0.25, 0.3) is 114 Å². The van der Waals surface area contributed by atoms with Gasteiger partial charge in [-0.05, 0) is 52.7 Å². The first-order valence-corrected chi connectivity index (χ1v) is 18.6. The van der Waals surface area contributed by atoms with Gasteiger partial charge in [0.25, 0.3) is 0 Å². The quantitative estimate of drug-likeness (QED) is 0.185. The molecule has 53 heavy (non-hydrogen) atoms. The topological polar surface area (TPSA) is 43.9 Å². The first-order valence-electron chi connectivity index (χ1n) is 17.8. The van der Waals surface area contributed by atoms with Crippen molar-refractivity contribution in [3.8, 4) is 28.3 Å². The van der Waals surface area contributed by atoms with Gasteiger partial charge in [0.2, 0.25) is 5.95 Å². The lowest BCUT2D eigenvalue weighted by Gasteiger charge is -2.13. The molecule has 246 valence electrons. The summed E-state index contributed by atoms with van der Waals surface area (Å²) in [4.78, 5) is 10.8. The van der Waals surface area contributed by atoms with Crippen molar-refractivity contribution in [2.45, 2.75) is 0 Å². The molecule has 5 heteroatoms. The van der Waals surface area contributed by atoms with Crippen molar-refractivity contribution < 1.29 is 4.42 Å². The fourth-order valence-corrected chi connectivity index (χ4v) is 9.66. The predicted octanol–water partition coefficient (Wildman–Crippen LogP) is 13.5. The Hall–Kier alpha value is -6.82. The minimum atomic E-state index is 0.608. The molecule has 0 fully saturated rings. The van der Waals surface area contributed by atoms with Gasteiger partial charge in [-0.3, -0.25) is 4.57 Å². The van der Waals surface area contributed by atoms with Gasteiger partial charge in [-0.25, -0.2) is 9.97 Å². The third-order valence-electron chi connectivity index (χ3n) is 10.8. The summed E-state index contributed by atoms with van der Waals surface area (Å²) in [6.45, 7) is 0. The van der Waals surface area contributed by atoms with Crippen molar-refractivity contribution in [3.05, 3.63) is 164 Å². The Morgan fingerprint density at radius 3 is 2.17 bits per heavy atom. The average Bonchev–Trinajstić information content (AvgIpc) is 3.90. The number of nitrogens with zero attached hydrogens (tertiary/aromatic N) is 3. The molecule has 0 amide bonds. The first kappa shape index (κ1) is 28.8. The van der Waals surface area contributed by atoms with Crippen molar-refractivity contribution in [2.75, 3.05) is 0 Å². The maximum atomic E-state index is 6.86. The van der Waals surface area contributed by atoms with Crippen LogP contribution in [0.15, 0.2) is 168 Å². The highest BCUT2D eigenvalue weighted by Crippen LogP contribution is 2.48. The highest BCUT2D eigenvalue weighted by molar-refractivity contribution is 7.26. The Balaban J connectivity index is 1.25. The minimum Gasteiger partial charge on any atom is -0.454 e. The van der Waals surface area contributed by atoms with Gasteiger partial charge in [-0.15, -0.1) is 11.3 Å². The van der Waals surface area contributed by atoms with Crippen molar-refractivity contribution >= 4 is 96.9 Å². The number of aromatic nitrogens is 3. The number of para-hydroxylation sites is 3.